The van der Waals surface area contributed by atoms with Gasteiger partial charge in [0.25, 0.3) is 5.89 Å². The standard InChI is InChI=1S/C22H27N5O2/c1-3-27-12-4-5-18(27)15-24-20-11-8-17(14-23-20)22-25-21(26-29-22)13-16-6-9-19(28-2)10-7-16/h6-11,14,18H,3-5,12-13,15H2,1-2H3,(H,23,24)/t18-/m0/s1. The number of anilines is 1. The molecule has 0 radical (unpaired) electrons. The second-order valence-corrected chi connectivity index (χ2v) is 7.28. The second-order valence-electron chi connectivity index (χ2n) is 7.28. The van der Waals surface area contributed by atoms with Crippen molar-refractivity contribution < 1.29 is 9.26 Å². The largest absolute Gasteiger partial charge is 0.497 e. The molecule has 1 aliphatic rings. The van der Waals surface area contributed by atoms with Crippen LogP contribution in [-0.2, 0) is 6.42 Å². The summed E-state index contributed by atoms with van der Waals surface area (Å²) in [6, 6.07) is 12.4. The van der Waals surface area contributed by atoms with Gasteiger partial charge in [0.05, 0.1) is 12.7 Å². The molecule has 152 valence electrons. The fraction of sp³-hybridized carbons (Fsp3) is 0.409. The van der Waals surface area contributed by atoms with Gasteiger partial charge >= 0.3 is 0 Å². The van der Waals surface area contributed by atoms with Crippen molar-refractivity contribution in [3.8, 4) is 17.2 Å². The van der Waals surface area contributed by atoms with E-state index in [0.29, 0.717) is 24.2 Å². The highest BCUT2D eigenvalue weighted by atomic mass is 16.5. The summed E-state index contributed by atoms with van der Waals surface area (Å²) >= 11 is 0. The monoisotopic (exact) mass is 393 g/mol. The van der Waals surface area contributed by atoms with Crippen LogP contribution in [0.25, 0.3) is 11.5 Å². The Kier molecular flexibility index (Phi) is 6.05. The van der Waals surface area contributed by atoms with E-state index in [1.54, 1.807) is 13.3 Å². The first-order valence-corrected chi connectivity index (χ1v) is 10.1. The van der Waals surface area contributed by atoms with Gasteiger partial charge in [0.15, 0.2) is 5.82 Å². The number of pyridine rings is 1. The number of nitrogens with zero attached hydrogens (tertiary/aromatic N) is 4. The molecule has 1 atom stereocenters. The Morgan fingerprint density at radius 2 is 2.07 bits per heavy atom. The number of likely N-dealkylation sites (tertiary alicyclic amines) is 1. The number of likely N-dealkylation sites (N-methyl/N-ethyl adjacent to an activating group) is 1. The number of methoxy groups -OCH3 is 1. The van der Waals surface area contributed by atoms with Crippen molar-refractivity contribution in [1.82, 2.24) is 20.0 Å². The van der Waals surface area contributed by atoms with Gasteiger partial charge in [-0.25, -0.2) is 4.98 Å². The van der Waals surface area contributed by atoms with Crippen LogP contribution in [-0.4, -0.2) is 52.8 Å². The van der Waals surface area contributed by atoms with Crippen LogP contribution >= 0.6 is 0 Å². The first-order chi connectivity index (χ1) is 14.2. The minimum absolute atomic E-state index is 0.487. The molecule has 1 saturated heterocycles. The van der Waals surface area contributed by atoms with Crippen LogP contribution in [0.2, 0.25) is 0 Å². The van der Waals surface area contributed by atoms with Gasteiger partial charge in [-0.15, -0.1) is 0 Å². The van der Waals surface area contributed by atoms with E-state index in [-0.39, 0.29) is 0 Å². The van der Waals surface area contributed by atoms with Crippen molar-refractivity contribution in [3.05, 3.63) is 54.0 Å². The molecule has 3 heterocycles. The number of ether oxygens (including phenoxy) is 1. The van der Waals surface area contributed by atoms with Crippen molar-refractivity contribution in [2.24, 2.45) is 0 Å². The molecule has 1 aliphatic heterocycles. The van der Waals surface area contributed by atoms with Crippen LogP contribution < -0.4 is 10.1 Å². The highest BCUT2D eigenvalue weighted by Gasteiger charge is 2.22. The Hall–Kier alpha value is -2.93. The Morgan fingerprint density at radius 1 is 1.21 bits per heavy atom. The summed E-state index contributed by atoms with van der Waals surface area (Å²) in [5, 5.41) is 7.54. The van der Waals surface area contributed by atoms with Gasteiger partial charge in [-0.05, 0) is 55.8 Å². The predicted molar refractivity (Wildman–Crippen MR) is 112 cm³/mol. The number of aromatic nitrogens is 3. The average Bonchev–Trinajstić information content (AvgIpc) is 3.42. The molecular formula is C22H27N5O2. The summed E-state index contributed by atoms with van der Waals surface area (Å²) < 4.78 is 10.6. The minimum atomic E-state index is 0.487. The predicted octanol–water partition coefficient (Wildman–Crippen LogP) is 3.63. The van der Waals surface area contributed by atoms with Crippen LogP contribution in [0.3, 0.4) is 0 Å². The molecule has 7 nitrogen and oxygen atoms in total. The lowest BCUT2D eigenvalue weighted by atomic mass is 10.1. The fourth-order valence-electron chi connectivity index (χ4n) is 3.76. The summed E-state index contributed by atoms with van der Waals surface area (Å²) in [4.78, 5) is 11.5. The van der Waals surface area contributed by atoms with Gasteiger partial charge in [-0.2, -0.15) is 4.98 Å². The maximum Gasteiger partial charge on any atom is 0.259 e. The van der Waals surface area contributed by atoms with Crippen LogP contribution in [0.1, 0.15) is 31.2 Å². The Labute approximate surface area is 171 Å². The van der Waals surface area contributed by atoms with Crippen molar-refractivity contribution in [1.29, 1.82) is 0 Å². The molecule has 0 saturated carbocycles. The van der Waals surface area contributed by atoms with Gasteiger partial charge in [0.2, 0.25) is 0 Å². The summed E-state index contributed by atoms with van der Waals surface area (Å²) in [6.07, 6.45) is 4.91. The maximum atomic E-state index is 5.42. The number of rotatable bonds is 8. The third-order valence-corrected chi connectivity index (χ3v) is 5.42. The van der Waals surface area contributed by atoms with Crippen LogP contribution in [0, 0.1) is 0 Å². The average molecular weight is 393 g/mol. The second kappa shape index (κ2) is 9.05. The molecule has 0 bridgehead atoms. The van der Waals surface area contributed by atoms with E-state index in [2.05, 4.69) is 32.3 Å². The molecule has 0 spiro atoms. The lowest BCUT2D eigenvalue weighted by molar-refractivity contribution is 0.277. The zero-order valence-corrected chi connectivity index (χ0v) is 17.0. The lowest BCUT2D eigenvalue weighted by Gasteiger charge is -2.23. The van der Waals surface area contributed by atoms with E-state index in [0.717, 1.165) is 35.8 Å². The van der Waals surface area contributed by atoms with Gasteiger partial charge in [0, 0.05) is 25.2 Å². The number of benzene rings is 1. The van der Waals surface area contributed by atoms with Gasteiger partial charge < -0.3 is 14.6 Å². The fourth-order valence-corrected chi connectivity index (χ4v) is 3.76. The Balaban J connectivity index is 1.35. The molecule has 4 rings (SSSR count). The zero-order valence-electron chi connectivity index (χ0n) is 17.0. The summed E-state index contributed by atoms with van der Waals surface area (Å²) in [5.74, 6) is 2.83. The molecular weight excluding hydrogens is 366 g/mol. The van der Waals surface area contributed by atoms with E-state index in [1.807, 2.05) is 36.4 Å². The van der Waals surface area contributed by atoms with Crippen LogP contribution in [0.15, 0.2) is 47.1 Å². The van der Waals surface area contributed by atoms with E-state index in [1.165, 1.54) is 19.4 Å². The third-order valence-electron chi connectivity index (χ3n) is 5.42. The summed E-state index contributed by atoms with van der Waals surface area (Å²) in [5.41, 5.74) is 1.92. The van der Waals surface area contributed by atoms with Crippen molar-refractivity contribution >= 4 is 5.82 Å². The van der Waals surface area contributed by atoms with E-state index < -0.39 is 0 Å². The molecule has 1 aromatic carbocycles. The van der Waals surface area contributed by atoms with E-state index in [4.69, 9.17) is 9.26 Å². The molecule has 0 aliphatic carbocycles. The third kappa shape index (κ3) is 4.74. The van der Waals surface area contributed by atoms with Crippen molar-refractivity contribution in [3.63, 3.8) is 0 Å². The molecule has 1 fully saturated rings. The zero-order chi connectivity index (χ0) is 20.1. The molecule has 2 aromatic heterocycles. The Morgan fingerprint density at radius 3 is 2.79 bits per heavy atom. The van der Waals surface area contributed by atoms with Gasteiger partial charge in [0.1, 0.15) is 11.6 Å². The topological polar surface area (TPSA) is 76.3 Å². The van der Waals surface area contributed by atoms with Crippen LogP contribution in [0.4, 0.5) is 5.82 Å². The number of nitrogens with one attached hydrogen (secondary N) is 1. The smallest absolute Gasteiger partial charge is 0.259 e. The summed E-state index contributed by atoms with van der Waals surface area (Å²) in [7, 11) is 1.66. The van der Waals surface area contributed by atoms with E-state index in [9.17, 15) is 0 Å². The lowest BCUT2D eigenvalue weighted by Crippen LogP contribution is -2.34. The molecule has 0 amide bonds. The number of hydrogen-bond donors (Lipinski definition) is 1. The molecule has 1 N–H and O–H groups in total. The Bertz CT molecular complexity index is 908. The van der Waals surface area contributed by atoms with Crippen molar-refractivity contribution in [2.45, 2.75) is 32.2 Å². The normalized spacial score (nSPS) is 16.8. The maximum absolute atomic E-state index is 5.42. The highest BCUT2D eigenvalue weighted by molar-refractivity contribution is 5.54. The quantitative estimate of drug-likeness (QED) is 0.626. The minimum Gasteiger partial charge on any atom is -0.497 e. The van der Waals surface area contributed by atoms with Crippen LogP contribution in [0.5, 0.6) is 5.75 Å². The molecule has 3 aromatic rings. The molecule has 0 unspecified atom stereocenters. The van der Waals surface area contributed by atoms with Crippen molar-refractivity contribution in [2.75, 3.05) is 32.1 Å². The molecule has 7 heteroatoms. The highest BCUT2D eigenvalue weighted by Crippen LogP contribution is 2.21. The first kappa shape index (κ1) is 19.4. The SMILES string of the molecule is CCN1CCC[C@H]1CNc1ccc(-c2nc(Cc3ccc(OC)cc3)no2)cn1. The molecule has 29 heavy (non-hydrogen) atoms. The van der Waals surface area contributed by atoms with Gasteiger partial charge in [-0.1, -0.05) is 24.2 Å². The van der Waals surface area contributed by atoms with Gasteiger partial charge in [-0.3, -0.25) is 4.90 Å². The summed E-state index contributed by atoms with van der Waals surface area (Å²) in [6.45, 7) is 5.45. The van der Waals surface area contributed by atoms with E-state index >= 15 is 0 Å². The first-order valence-electron chi connectivity index (χ1n) is 10.1. The number of hydrogen-bond acceptors (Lipinski definition) is 7.